The summed E-state index contributed by atoms with van der Waals surface area (Å²) in [7, 11) is 1.70. The molecule has 0 spiro atoms. The van der Waals surface area contributed by atoms with Gasteiger partial charge in [0.05, 0.1) is 5.56 Å². The first-order valence-electron chi connectivity index (χ1n) is 7.57. The molecule has 124 valence electrons. The first-order valence-corrected chi connectivity index (χ1v) is 7.57. The lowest BCUT2D eigenvalue weighted by Gasteiger charge is -2.06. The average Bonchev–Trinajstić information content (AvgIpc) is 2.96. The lowest BCUT2D eigenvalue weighted by molar-refractivity contribution is 0.252. The van der Waals surface area contributed by atoms with Gasteiger partial charge in [0.2, 0.25) is 0 Å². The van der Waals surface area contributed by atoms with Crippen LogP contribution >= 0.6 is 0 Å². The van der Waals surface area contributed by atoms with Gasteiger partial charge in [-0.05, 0) is 36.6 Å². The van der Waals surface area contributed by atoms with Crippen LogP contribution in [0.5, 0.6) is 0 Å². The van der Waals surface area contributed by atoms with Crippen LogP contribution in [0.2, 0.25) is 0 Å². The van der Waals surface area contributed by atoms with Gasteiger partial charge in [-0.25, -0.2) is 4.79 Å². The third-order valence-corrected chi connectivity index (χ3v) is 3.35. The molecule has 1 heterocycles. The molecule has 2 rings (SSSR count). The van der Waals surface area contributed by atoms with Crippen molar-refractivity contribution in [3.05, 3.63) is 35.4 Å². The zero-order chi connectivity index (χ0) is 17.5. The second-order valence-corrected chi connectivity index (χ2v) is 5.11. The number of amides is 2. The van der Waals surface area contributed by atoms with Crippen molar-refractivity contribution in [3.63, 3.8) is 0 Å². The molecule has 1 unspecified atom stereocenters. The van der Waals surface area contributed by atoms with Crippen molar-refractivity contribution in [3.8, 4) is 6.07 Å². The fourth-order valence-electron chi connectivity index (χ4n) is 2.17. The maximum Gasteiger partial charge on any atom is 0.322 e. The van der Waals surface area contributed by atoms with E-state index >= 15 is 0 Å². The predicted molar refractivity (Wildman–Crippen MR) is 93.4 cm³/mol. The van der Waals surface area contributed by atoms with E-state index in [1.54, 1.807) is 19.3 Å². The minimum atomic E-state index is -0.405. The monoisotopic (exact) mass is 325 g/mol. The van der Waals surface area contributed by atoms with Gasteiger partial charge in [-0.1, -0.05) is 13.0 Å². The smallest absolute Gasteiger partial charge is 0.322 e. The Morgan fingerprint density at radius 1 is 1.54 bits per heavy atom. The Bertz CT molecular complexity index is 829. The number of nitrogens with zero attached hydrogens (tertiary/aromatic N) is 3. The van der Waals surface area contributed by atoms with Crippen LogP contribution in [-0.4, -0.2) is 30.8 Å². The minimum Gasteiger partial charge on any atom is -0.422 e. The molecular weight excluding hydrogens is 306 g/mol. The number of allylic oxidation sites excluding steroid dienone is 2. The zero-order valence-electron chi connectivity index (χ0n) is 13.8. The molecule has 1 aromatic carbocycles. The van der Waals surface area contributed by atoms with E-state index in [2.05, 4.69) is 26.7 Å². The van der Waals surface area contributed by atoms with E-state index < -0.39 is 6.03 Å². The fourth-order valence-corrected chi connectivity index (χ4v) is 2.17. The molecular formula is C17H19N5O2. The van der Waals surface area contributed by atoms with Crippen LogP contribution in [0.3, 0.4) is 0 Å². The van der Waals surface area contributed by atoms with Crippen molar-refractivity contribution in [2.45, 2.75) is 19.8 Å². The number of aromatic nitrogens is 1. The van der Waals surface area contributed by atoms with Crippen LogP contribution in [0.4, 0.5) is 10.8 Å². The highest BCUT2D eigenvalue weighted by Gasteiger charge is 2.15. The first-order chi connectivity index (χ1) is 11.6. The second-order valence-electron chi connectivity index (χ2n) is 5.11. The SMILES string of the molecule is CCNC(=O)Nc1nc2cc(C(C)/C=C\C=NC)cc(C#N)c2o1. The van der Waals surface area contributed by atoms with E-state index in [1.807, 2.05) is 32.1 Å². The molecule has 1 atom stereocenters. The molecule has 2 aromatic rings. The summed E-state index contributed by atoms with van der Waals surface area (Å²) in [5.74, 6) is 0.0796. The molecule has 0 saturated carbocycles. The topological polar surface area (TPSA) is 103 Å². The number of oxazole rings is 1. The van der Waals surface area contributed by atoms with Crippen LogP contribution < -0.4 is 10.6 Å². The average molecular weight is 325 g/mol. The van der Waals surface area contributed by atoms with Crippen molar-refractivity contribution in [2.75, 3.05) is 18.9 Å². The Morgan fingerprint density at radius 3 is 3.00 bits per heavy atom. The second kappa shape index (κ2) is 7.92. The van der Waals surface area contributed by atoms with E-state index in [0.717, 1.165) is 5.56 Å². The van der Waals surface area contributed by atoms with Gasteiger partial charge in [-0.2, -0.15) is 10.2 Å². The summed E-state index contributed by atoms with van der Waals surface area (Å²) in [4.78, 5) is 19.7. The fraction of sp³-hybridized carbons (Fsp3) is 0.294. The highest BCUT2D eigenvalue weighted by molar-refractivity contribution is 5.89. The van der Waals surface area contributed by atoms with Gasteiger partial charge in [0.1, 0.15) is 11.6 Å². The predicted octanol–water partition coefficient (Wildman–Crippen LogP) is 3.20. The van der Waals surface area contributed by atoms with Crippen molar-refractivity contribution in [1.82, 2.24) is 10.3 Å². The van der Waals surface area contributed by atoms with Gasteiger partial charge in [0.25, 0.3) is 0 Å². The number of carbonyl (C=O) groups is 1. The number of carbonyl (C=O) groups excluding carboxylic acids is 1. The lowest BCUT2D eigenvalue weighted by atomic mass is 9.98. The quantitative estimate of drug-likeness (QED) is 0.824. The minimum absolute atomic E-state index is 0.0610. The summed E-state index contributed by atoms with van der Waals surface area (Å²) in [5, 5.41) is 14.4. The number of hydrogen-bond acceptors (Lipinski definition) is 5. The number of rotatable bonds is 5. The van der Waals surface area contributed by atoms with Crippen LogP contribution in [0.25, 0.3) is 11.1 Å². The summed E-state index contributed by atoms with van der Waals surface area (Å²) in [5.41, 5.74) is 2.20. The van der Waals surface area contributed by atoms with E-state index in [1.165, 1.54) is 0 Å². The third-order valence-electron chi connectivity index (χ3n) is 3.35. The molecule has 0 bridgehead atoms. The molecule has 7 heteroatoms. The summed E-state index contributed by atoms with van der Waals surface area (Å²) < 4.78 is 5.50. The van der Waals surface area contributed by atoms with Gasteiger partial charge in [-0.15, -0.1) is 0 Å². The highest BCUT2D eigenvalue weighted by Crippen LogP contribution is 2.28. The number of fused-ring (bicyclic) bond motifs is 1. The first kappa shape index (κ1) is 17.2. The van der Waals surface area contributed by atoms with Gasteiger partial charge in [0.15, 0.2) is 5.58 Å². The molecule has 2 N–H and O–H groups in total. The number of nitrogens with one attached hydrogen (secondary N) is 2. The highest BCUT2D eigenvalue weighted by atomic mass is 16.4. The number of aliphatic imine (C=N–C) groups is 1. The third kappa shape index (κ3) is 3.98. The number of urea groups is 1. The van der Waals surface area contributed by atoms with Crippen LogP contribution in [0, 0.1) is 11.3 Å². The molecule has 0 aliphatic carbocycles. The largest absolute Gasteiger partial charge is 0.422 e. The number of hydrogen-bond donors (Lipinski definition) is 2. The van der Waals surface area contributed by atoms with E-state index in [0.29, 0.717) is 23.2 Å². The number of nitriles is 1. The van der Waals surface area contributed by atoms with Crippen LogP contribution in [0.15, 0.2) is 33.7 Å². The maximum atomic E-state index is 11.6. The van der Waals surface area contributed by atoms with Crippen molar-refractivity contribution in [2.24, 2.45) is 4.99 Å². The Hall–Kier alpha value is -3.14. The normalized spacial score (nSPS) is 12.6. The number of anilines is 1. The standard InChI is InChI=1S/C17H19N5O2/c1-4-20-16(23)22-17-21-14-9-12(11(2)6-5-7-19-3)8-13(10-18)15(14)24-17/h5-9,11H,4H2,1-3H3,(H2,20,21,22,23)/b6-5-,19-7?. The molecule has 7 nitrogen and oxygen atoms in total. The Labute approximate surface area is 140 Å². The van der Waals surface area contributed by atoms with Crippen LogP contribution in [0.1, 0.15) is 30.9 Å². The Balaban J connectivity index is 2.37. The van der Waals surface area contributed by atoms with Gasteiger partial charge in [-0.3, -0.25) is 10.3 Å². The molecule has 0 radical (unpaired) electrons. The molecule has 0 aliphatic rings. The maximum absolute atomic E-state index is 11.6. The molecule has 24 heavy (non-hydrogen) atoms. The molecule has 0 saturated heterocycles. The summed E-state index contributed by atoms with van der Waals surface area (Å²) in [6.45, 7) is 4.31. The van der Waals surface area contributed by atoms with E-state index in [9.17, 15) is 10.1 Å². The molecule has 0 fully saturated rings. The Kier molecular flexibility index (Phi) is 5.68. The summed E-state index contributed by atoms with van der Waals surface area (Å²) >= 11 is 0. The van der Waals surface area contributed by atoms with Gasteiger partial charge < -0.3 is 9.73 Å². The summed E-state index contributed by atoms with van der Waals surface area (Å²) in [6, 6.07) is 5.38. The molecule has 1 aromatic heterocycles. The Morgan fingerprint density at radius 2 is 2.33 bits per heavy atom. The van der Waals surface area contributed by atoms with Gasteiger partial charge >= 0.3 is 12.0 Å². The van der Waals surface area contributed by atoms with Crippen molar-refractivity contribution in [1.29, 1.82) is 5.26 Å². The van der Waals surface area contributed by atoms with E-state index in [4.69, 9.17) is 4.42 Å². The number of benzene rings is 1. The lowest BCUT2D eigenvalue weighted by Crippen LogP contribution is -2.28. The zero-order valence-corrected chi connectivity index (χ0v) is 13.8. The molecule has 0 aliphatic heterocycles. The van der Waals surface area contributed by atoms with Crippen molar-refractivity contribution < 1.29 is 9.21 Å². The molecule has 2 amide bonds. The van der Waals surface area contributed by atoms with Gasteiger partial charge in [0, 0.05) is 19.8 Å². The van der Waals surface area contributed by atoms with Crippen LogP contribution in [-0.2, 0) is 0 Å². The van der Waals surface area contributed by atoms with E-state index in [-0.39, 0.29) is 11.9 Å². The summed E-state index contributed by atoms with van der Waals surface area (Å²) in [6.07, 6.45) is 5.53. The van der Waals surface area contributed by atoms with Crippen molar-refractivity contribution >= 4 is 29.4 Å².